The number of carbonyl (C=O) groups is 1. The topological polar surface area (TPSA) is 86.3 Å². The molecule has 0 aliphatic carbocycles. The summed E-state index contributed by atoms with van der Waals surface area (Å²) in [5, 5.41) is 12.0. The average molecular weight is 483 g/mol. The summed E-state index contributed by atoms with van der Waals surface area (Å²) < 4.78 is 1.85. The molecule has 3 heterocycles. The van der Waals surface area contributed by atoms with E-state index < -0.39 is 0 Å². The molecule has 1 N–H and O–H groups in total. The molecule has 7 nitrogen and oxygen atoms in total. The van der Waals surface area contributed by atoms with Gasteiger partial charge in [-0.05, 0) is 68.7 Å². The summed E-state index contributed by atoms with van der Waals surface area (Å²) >= 11 is 0. The number of amidine groups is 1. The standard InChI is InChI=1S/C27H28N6O.C2H6/c1-3-24(25-11-8-16-33(25)23-9-5-4-6-10-23)30-20(2)31-27(34)26-12-7-15-32(26)19-21-13-14-29-22(17-21)18-28;1-2/h3-7,9-10,12-15,17,25H,8,11,16,19H2,1-2H3,(H,30,31,34);1-2H3/b24-3-;. The molecule has 0 saturated carbocycles. The third-order valence-corrected chi connectivity index (χ3v) is 5.92. The number of hydrogen-bond acceptors (Lipinski definition) is 5. The molecule has 1 fully saturated rings. The second-order valence-electron chi connectivity index (χ2n) is 8.23. The lowest BCUT2D eigenvalue weighted by molar-refractivity contribution is 0.0968. The van der Waals surface area contributed by atoms with Crippen LogP contribution in [0.2, 0.25) is 0 Å². The molecule has 7 heteroatoms. The van der Waals surface area contributed by atoms with Crippen molar-refractivity contribution in [1.29, 1.82) is 5.26 Å². The van der Waals surface area contributed by atoms with Crippen molar-refractivity contribution < 1.29 is 4.79 Å². The first kappa shape index (κ1) is 26.4. The molecule has 4 rings (SSSR count). The van der Waals surface area contributed by atoms with Gasteiger partial charge in [-0.15, -0.1) is 0 Å². The second-order valence-corrected chi connectivity index (χ2v) is 8.23. The fourth-order valence-electron chi connectivity index (χ4n) is 4.37. The van der Waals surface area contributed by atoms with Crippen LogP contribution in [0, 0.1) is 11.3 Å². The molecule has 0 spiro atoms. The van der Waals surface area contributed by atoms with Crippen molar-refractivity contribution in [3.8, 4) is 6.07 Å². The van der Waals surface area contributed by atoms with Crippen LogP contribution in [-0.4, -0.2) is 33.9 Å². The molecular weight excluding hydrogens is 448 g/mol. The molecule has 2 aromatic heterocycles. The van der Waals surface area contributed by atoms with Crippen LogP contribution in [0.15, 0.2) is 83.8 Å². The van der Waals surface area contributed by atoms with Crippen molar-refractivity contribution >= 4 is 17.4 Å². The van der Waals surface area contributed by atoms with Gasteiger partial charge in [-0.3, -0.25) is 4.79 Å². The number of nitrogens with zero attached hydrogens (tertiary/aromatic N) is 5. The van der Waals surface area contributed by atoms with Gasteiger partial charge in [0.05, 0.1) is 11.7 Å². The van der Waals surface area contributed by atoms with Crippen molar-refractivity contribution in [2.45, 2.75) is 53.1 Å². The largest absolute Gasteiger partial charge is 0.363 e. The number of aromatic nitrogens is 2. The molecular formula is C29H34N6O. The predicted molar refractivity (Wildman–Crippen MR) is 145 cm³/mol. The van der Waals surface area contributed by atoms with Crippen LogP contribution in [-0.2, 0) is 6.54 Å². The van der Waals surface area contributed by atoms with Crippen molar-refractivity contribution in [3.05, 3.63) is 95.7 Å². The van der Waals surface area contributed by atoms with Gasteiger partial charge in [0.2, 0.25) is 0 Å². The molecule has 36 heavy (non-hydrogen) atoms. The Bertz CT molecular complexity index is 1250. The third-order valence-electron chi connectivity index (χ3n) is 5.92. The number of amides is 1. The van der Waals surface area contributed by atoms with Gasteiger partial charge in [0.15, 0.2) is 0 Å². The number of pyridine rings is 1. The number of para-hydroxylation sites is 1. The molecule has 1 aromatic carbocycles. The molecule has 3 aromatic rings. The summed E-state index contributed by atoms with van der Waals surface area (Å²) in [4.78, 5) is 24.2. The Morgan fingerprint density at radius 3 is 2.72 bits per heavy atom. The van der Waals surface area contributed by atoms with E-state index in [0.29, 0.717) is 23.8 Å². The number of allylic oxidation sites excluding steroid dienone is 1. The Morgan fingerprint density at radius 2 is 2.00 bits per heavy atom. The average Bonchev–Trinajstić information content (AvgIpc) is 3.59. The number of aliphatic imine (C=N–C) groups is 1. The number of hydrogen-bond donors (Lipinski definition) is 1. The fraction of sp³-hybridized carbons (Fsp3) is 0.310. The molecule has 186 valence electrons. The number of anilines is 1. The minimum absolute atomic E-state index is 0.184. The number of nitrogens with one attached hydrogen (secondary N) is 1. The highest BCUT2D eigenvalue weighted by atomic mass is 16.2. The van der Waals surface area contributed by atoms with Gasteiger partial charge < -0.3 is 14.8 Å². The predicted octanol–water partition coefficient (Wildman–Crippen LogP) is 5.55. The van der Waals surface area contributed by atoms with Gasteiger partial charge >= 0.3 is 0 Å². The van der Waals surface area contributed by atoms with E-state index in [1.165, 1.54) is 5.69 Å². The molecule has 1 amide bonds. The Labute approximate surface area is 213 Å². The van der Waals surface area contributed by atoms with E-state index in [4.69, 9.17) is 10.3 Å². The SMILES string of the molecule is C/C=C(\N=C(C)NC(=O)c1cccn1Cc1ccnc(C#N)c1)C1CCCN1c1ccccc1.CC. The van der Waals surface area contributed by atoms with E-state index >= 15 is 0 Å². The normalized spacial score (nSPS) is 15.6. The Morgan fingerprint density at radius 1 is 1.22 bits per heavy atom. The van der Waals surface area contributed by atoms with Crippen LogP contribution in [0.25, 0.3) is 0 Å². The maximum Gasteiger partial charge on any atom is 0.273 e. The molecule has 1 atom stereocenters. The zero-order valence-electron chi connectivity index (χ0n) is 21.5. The number of benzene rings is 1. The first-order valence-electron chi connectivity index (χ1n) is 12.4. The van der Waals surface area contributed by atoms with Crippen LogP contribution >= 0.6 is 0 Å². The minimum Gasteiger partial charge on any atom is -0.363 e. The molecule has 1 aliphatic heterocycles. The van der Waals surface area contributed by atoms with Crippen molar-refractivity contribution in [2.75, 3.05) is 11.4 Å². The van der Waals surface area contributed by atoms with Crippen molar-refractivity contribution in [1.82, 2.24) is 14.9 Å². The van der Waals surface area contributed by atoms with Crippen LogP contribution in [0.4, 0.5) is 5.69 Å². The molecule has 1 saturated heterocycles. The highest BCUT2D eigenvalue weighted by Crippen LogP contribution is 2.30. The van der Waals surface area contributed by atoms with Gasteiger partial charge in [0, 0.05) is 31.2 Å². The zero-order valence-corrected chi connectivity index (χ0v) is 21.5. The van der Waals surface area contributed by atoms with Crippen LogP contribution < -0.4 is 10.2 Å². The lowest BCUT2D eigenvalue weighted by Gasteiger charge is -2.27. The Balaban J connectivity index is 0.00000176. The number of nitriles is 1. The van der Waals surface area contributed by atoms with Gasteiger partial charge in [0.1, 0.15) is 23.3 Å². The third kappa shape index (κ3) is 6.48. The number of carbonyl (C=O) groups excluding carboxylic acids is 1. The number of rotatable bonds is 6. The van der Waals surface area contributed by atoms with E-state index in [0.717, 1.165) is 30.6 Å². The highest BCUT2D eigenvalue weighted by molar-refractivity contribution is 6.05. The Hall–Kier alpha value is -4.18. The molecule has 0 bridgehead atoms. The smallest absolute Gasteiger partial charge is 0.273 e. The summed E-state index contributed by atoms with van der Waals surface area (Å²) in [6.07, 6.45) is 7.61. The summed E-state index contributed by atoms with van der Waals surface area (Å²) in [6.45, 7) is 9.27. The Kier molecular flexibility index (Phi) is 9.58. The van der Waals surface area contributed by atoms with E-state index in [2.05, 4.69) is 39.5 Å². The highest BCUT2D eigenvalue weighted by Gasteiger charge is 2.27. The zero-order chi connectivity index (χ0) is 25.9. The summed E-state index contributed by atoms with van der Waals surface area (Å²) in [5.41, 5.74) is 3.93. The quantitative estimate of drug-likeness (QED) is 0.369. The lowest BCUT2D eigenvalue weighted by atomic mass is 10.1. The summed E-state index contributed by atoms with van der Waals surface area (Å²) in [5.74, 6) is 0.337. The van der Waals surface area contributed by atoms with Crippen LogP contribution in [0.1, 0.15) is 62.3 Å². The van der Waals surface area contributed by atoms with Crippen LogP contribution in [0.5, 0.6) is 0 Å². The minimum atomic E-state index is -0.220. The van der Waals surface area contributed by atoms with E-state index in [1.807, 2.05) is 68.8 Å². The van der Waals surface area contributed by atoms with Gasteiger partial charge in [-0.2, -0.15) is 5.26 Å². The molecule has 0 radical (unpaired) electrons. The maximum absolute atomic E-state index is 13.0. The van der Waals surface area contributed by atoms with Gasteiger partial charge in [-0.25, -0.2) is 9.98 Å². The van der Waals surface area contributed by atoms with Gasteiger partial charge in [0.25, 0.3) is 5.91 Å². The molecule has 1 aliphatic rings. The monoisotopic (exact) mass is 482 g/mol. The van der Waals surface area contributed by atoms with E-state index in [-0.39, 0.29) is 11.9 Å². The van der Waals surface area contributed by atoms with Crippen molar-refractivity contribution in [2.24, 2.45) is 4.99 Å². The van der Waals surface area contributed by atoms with Crippen molar-refractivity contribution in [3.63, 3.8) is 0 Å². The molecule has 1 unspecified atom stereocenters. The maximum atomic E-state index is 13.0. The summed E-state index contributed by atoms with van der Waals surface area (Å²) in [6, 6.07) is 19.8. The van der Waals surface area contributed by atoms with E-state index in [1.54, 1.807) is 18.3 Å². The van der Waals surface area contributed by atoms with Crippen LogP contribution in [0.3, 0.4) is 0 Å². The second kappa shape index (κ2) is 13.1. The fourth-order valence-corrected chi connectivity index (χ4v) is 4.37. The lowest BCUT2D eigenvalue weighted by Crippen LogP contribution is -2.33. The van der Waals surface area contributed by atoms with Gasteiger partial charge in [-0.1, -0.05) is 38.1 Å². The first-order chi connectivity index (χ1) is 17.6. The summed E-state index contributed by atoms with van der Waals surface area (Å²) in [7, 11) is 0. The van der Waals surface area contributed by atoms with E-state index in [9.17, 15) is 4.79 Å². The first-order valence-corrected chi connectivity index (χ1v) is 12.4.